The first-order valence-corrected chi connectivity index (χ1v) is 13.1. The van der Waals surface area contributed by atoms with Gasteiger partial charge in [-0.3, -0.25) is 0 Å². The molecule has 7 nitrogen and oxygen atoms in total. The normalized spacial score (nSPS) is 35.9. The molecule has 4 fully saturated rings. The van der Waals surface area contributed by atoms with E-state index in [0.717, 1.165) is 37.0 Å². The van der Waals surface area contributed by atoms with Crippen LogP contribution in [-0.4, -0.2) is 43.3 Å². The Balaban J connectivity index is 1.38. The van der Waals surface area contributed by atoms with Crippen LogP contribution in [0.15, 0.2) is 18.2 Å². The van der Waals surface area contributed by atoms with E-state index in [2.05, 4.69) is 4.74 Å². The Labute approximate surface area is 195 Å². The Bertz CT molecular complexity index is 1090. The minimum Gasteiger partial charge on any atom is -0.748 e. The summed E-state index contributed by atoms with van der Waals surface area (Å²) in [6, 6.07) is 3.20. The first-order chi connectivity index (χ1) is 15.8. The molecule has 4 aliphatic carbocycles. The second kappa shape index (κ2) is 8.01. The zero-order valence-electron chi connectivity index (χ0n) is 18.5. The van der Waals surface area contributed by atoms with Crippen molar-refractivity contribution >= 4 is 16.1 Å². The van der Waals surface area contributed by atoms with Gasteiger partial charge in [-0.05, 0) is 86.8 Å². The summed E-state index contributed by atoms with van der Waals surface area (Å²) in [5, 5.41) is 0. The van der Waals surface area contributed by atoms with Gasteiger partial charge in [-0.15, -0.1) is 13.2 Å². The molecule has 1 aromatic rings. The number of fused-ring (bicyclic) bond motifs is 9. The number of carbonyl (C=O) groups excluding carboxylic acids is 1. The summed E-state index contributed by atoms with van der Waals surface area (Å²) in [5.41, 5.74) is -0.809. The predicted molar refractivity (Wildman–Crippen MR) is 111 cm³/mol. The highest BCUT2D eigenvalue weighted by atomic mass is 32.2. The van der Waals surface area contributed by atoms with Gasteiger partial charge in [0.05, 0.1) is 21.4 Å². The molecular formula is C23H26F3O7S-. The fraction of sp³-hybridized carbons (Fsp3) is 0.696. The summed E-state index contributed by atoms with van der Waals surface area (Å²) >= 11 is 0. The fourth-order valence-corrected chi connectivity index (χ4v) is 7.76. The molecule has 0 amide bonds. The van der Waals surface area contributed by atoms with Crippen LogP contribution in [0.3, 0.4) is 0 Å². The lowest BCUT2D eigenvalue weighted by molar-refractivity contribution is -0.275. The molecule has 7 unspecified atom stereocenters. The topological polar surface area (TPSA) is 102 Å². The van der Waals surface area contributed by atoms with Gasteiger partial charge in [0.1, 0.15) is 12.2 Å². The highest BCUT2D eigenvalue weighted by Crippen LogP contribution is 2.70. The number of alkyl halides is 3. The molecule has 4 aliphatic rings. The zero-order chi connectivity index (χ0) is 24.5. The highest BCUT2D eigenvalue weighted by Gasteiger charge is 2.66. The third-order valence-electron chi connectivity index (χ3n) is 8.38. The first kappa shape index (κ1) is 23.7. The summed E-state index contributed by atoms with van der Waals surface area (Å²) in [4.78, 5) is 12.3. The second-order valence-corrected chi connectivity index (χ2v) is 11.8. The molecular weight excluding hydrogens is 477 g/mol. The molecule has 5 rings (SSSR count). The number of hydrogen-bond acceptors (Lipinski definition) is 7. The average molecular weight is 504 g/mol. The van der Waals surface area contributed by atoms with Gasteiger partial charge >= 0.3 is 12.3 Å². The first-order valence-electron chi connectivity index (χ1n) is 11.5. The van der Waals surface area contributed by atoms with Gasteiger partial charge in [0.25, 0.3) is 0 Å². The van der Waals surface area contributed by atoms with Crippen molar-refractivity contribution in [2.45, 2.75) is 51.0 Å². The average Bonchev–Trinajstić information content (AvgIpc) is 3.46. The smallest absolute Gasteiger partial charge is 0.573 e. The molecule has 188 valence electrons. The number of ether oxygens (including phenoxy) is 3. The monoisotopic (exact) mass is 503 g/mol. The lowest BCUT2D eigenvalue weighted by Gasteiger charge is -2.44. The molecule has 0 aromatic heterocycles. The molecule has 0 aliphatic heterocycles. The standard InChI is InChI=1S/C23H27F3O7S/c1-22(11-15-9-16(22)20-13-3-2-12(8-13)19(15)20)32-18-10-14(4-5-17(18)33-23(24,25)26)21(27)31-6-7-34(28,29)30/h4-5,10,12-13,15-16,19-20H,2-3,6-9,11H2,1H3,(H,28,29,30)/p-1. The van der Waals surface area contributed by atoms with Crippen molar-refractivity contribution in [3.63, 3.8) is 0 Å². The van der Waals surface area contributed by atoms with Gasteiger partial charge in [0, 0.05) is 5.92 Å². The van der Waals surface area contributed by atoms with Gasteiger partial charge in [0.2, 0.25) is 0 Å². The van der Waals surface area contributed by atoms with Crippen molar-refractivity contribution in [1.29, 1.82) is 0 Å². The van der Waals surface area contributed by atoms with E-state index in [1.807, 2.05) is 6.92 Å². The highest BCUT2D eigenvalue weighted by molar-refractivity contribution is 7.85. The fourth-order valence-electron chi connectivity index (χ4n) is 7.48. The van der Waals surface area contributed by atoms with E-state index in [1.54, 1.807) is 0 Å². The van der Waals surface area contributed by atoms with Crippen molar-refractivity contribution in [3.8, 4) is 11.5 Å². The van der Waals surface area contributed by atoms with E-state index in [1.165, 1.54) is 19.3 Å². The van der Waals surface area contributed by atoms with E-state index in [0.29, 0.717) is 23.7 Å². The Morgan fingerprint density at radius 1 is 1.12 bits per heavy atom. The molecule has 4 saturated carbocycles. The van der Waals surface area contributed by atoms with Gasteiger partial charge in [0.15, 0.2) is 11.5 Å². The number of benzene rings is 1. The Morgan fingerprint density at radius 2 is 1.82 bits per heavy atom. The molecule has 0 radical (unpaired) electrons. The van der Waals surface area contributed by atoms with Crippen LogP contribution < -0.4 is 9.47 Å². The van der Waals surface area contributed by atoms with Crippen LogP contribution in [-0.2, 0) is 14.9 Å². The minimum atomic E-state index is -4.95. The molecule has 11 heteroatoms. The molecule has 0 spiro atoms. The Morgan fingerprint density at radius 3 is 2.50 bits per heavy atom. The summed E-state index contributed by atoms with van der Waals surface area (Å²) in [6.45, 7) is 1.27. The van der Waals surface area contributed by atoms with E-state index >= 15 is 0 Å². The quantitative estimate of drug-likeness (QED) is 0.313. The number of rotatable bonds is 7. The molecule has 4 bridgehead atoms. The van der Waals surface area contributed by atoms with E-state index in [-0.39, 0.29) is 17.2 Å². The Kier molecular flexibility index (Phi) is 5.59. The summed E-state index contributed by atoms with van der Waals surface area (Å²) in [7, 11) is -4.57. The van der Waals surface area contributed by atoms with Crippen LogP contribution in [0.5, 0.6) is 11.5 Å². The van der Waals surface area contributed by atoms with Gasteiger partial charge in [-0.1, -0.05) is 0 Å². The third kappa shape index (κ3) is 4.36. The van der Waals surface area contributed by atoms with Crippen molar-refractivity contribution in [2.24, 2.45) is 35.5 Å². The van der Waals surface area contributed by atoms with E-state index in [9.17, 15) is 30.9 Å². The summed E-state index contributed by atoms with van der Waals surface area (Å²) in [6.07, 6.45) is 0.500. The SMILES string of the molecule is CC1(Oc2cc(C(=O)OCCS(=O)(=O)[O-])ccc2OC(F)(F)F)CC2CC1C1C3CCC(C3)C21. The number of halogens is 3. The molecule has 7 atom stereocenters. The third-order valence-corrected chi connectivity index (χ3v) is 9.05. The van der Waals surface area contributed by atoms with Gasteiger partial charge < -0.3 is 18.8 Å². The van der Waals surface area contributed by atoms with Crippen molar-refractivity contribution in [1.82, 2.24) is 0 Å². The molecule has 0 heterocycles. The van der Waals surface area contributed by atoms with Crippen molar-refractivity contribution < 1.29 is 45.1 Å². The van der Waals surface area contributed by atoms with Crippen LogP contribution in [0.25, 0.3) is 0 Å². The van der Waals surface area contributed by atoms with E-state index < -0.39 is 46.2 Å². The molecule has 1 aromatic carbocycles. The summed E-state index contributed by atoms with van der Waals surface area (Å²) < 4.78 is 86.5. The maximum Gasteiger partial charge on any atom is 0.573 e. The predicted octanol–water partition coefficient (Wildman–Crippen LogP) is 4.13. The van der Waals surface area contributed by atoms with Gasteiger partial charge in [-0.25, -0.2) is 13.2 Å². The number of carbonyl (C=O) groups is 1. The summed E-state index contributed by atoms with van der Waals surface area (Å²) in [5.74, 6) is 0.701. The largest absolute Gasteiger partial charge is 0.748 e. The Hall–Kier alpha value is -2.01. The number of esters is 1. The second-order valence-electron chi connectivity index (χ2n) is 10.3. The maximum absolute atomic E-state index is 13.0. The number of hydrogen-bond donors (Lipinski definition) is 0. The van der Waals surface area contributed by atoms with Crippen molar-refractivity contribution in [2.75, 3.05) is 12.4 Å². The van der Waals surface area contributed by atoms with Crippen LogP contribution in [0.1, 0.15) is 49.4 Å². The molecule has 0 N–H and O–H groups in total. The van der Waals surface area contributed by atoms with Crippen LogP contribution in [0.4, 0.5) is 13.2 Å². The lowest BCUT2D eigenvalue weighted by Crippen LogP contribution is -2.46. The molecule has 34 heavy (non-hydrogen) atoms. The zero-order valence-corrected chi connectivity index (χ0v) is 19.4. The molecule has 0 saturated heterocycles. The van der Waals surface area contributed by atoms with E-state index in [4.69, 9.17) is 9.47 Å². The van der Waals surface area contributed by atoms with Crippen molar-refractivity contribution in [3.05, 3.63) is 23.8 Å². The minimum absolute atomic E-state index is 0.127. The van der Waals surface area contributed by atoms with Crippen LogP contribution >= 0.6 is 0 Å². The lowest BCUT2D eigenvalue weighted by atomic mass is 9.66. The van der Waals surface area contributed by atoms with Crippen LogP contribution in [0.2, 0.25) is 0 Å². The van der Waals surface area contributed by atoms with Gasteiger partial charge in [-0.2, -0.15) is 0 Å². The van der Waals surface area contributed by atoms with Crippen LogP contribution in [0, 0.1) is 35.5 Å². The maximum atomic E-state index is 13.0.